The summed E-state index contributed by atoms with van der Waals surface area (Å²) in [7, 11) is 0. The molecule has 0 spiro atoms. The third-order valence-corrected chi connectivity index (χ3v) is 2.98. The lowest BCUT2D eigenvalue weighted by Crippen LogP contribution is -2.28. The number of aromatic amines is 1. The van der Waals surface area contributed by atoms with Crippen LogP contribution in [0, 0.1) is 5.82 Å². The molecule has 6 heteroatoms. The number of carbonyl (C=O) groups is 1. The number of ether oxygens (including phenoxy) is 2. The minimum atomic E-state index is -0.357. The number of halogens is 1. The molecule has 1 aromatic heterocycles. The second kappa shape index (κ2) is 5.24. The van der Waals surface area contributed by atoms with Gasteiger partial charge in [-0.2, -0.15) is 0 Å². The molecule has 0 fully saturated rings. The fourth-order valence-electron chi connectivity index (χ4n) is 2.00. The SMILES string of the molecule is O=C(NCC1=COCCO1)c1cc2c(F)cccc2[nH]1. The number of benzene rings is 1. The van der Waals surface area contributed by atoms with E-state index in [9.17, 15) is 9.18 Å². The van der Waals surface area contributed by atoms with Gasteiger partial charge in [0.25, 0.3) is 5.91 Å². The number of nitrogens with one attached hydrogen (secondary N) is 2. The molecular weight excluding hydrogens is 263 g/mol. The molecule has 2 N–H and O–H groups in total. The smallest absolute Gasteiger partial charge is 0.268 e. The van der Waals surface area contributed by atoms with Crippen molar-refractivity contribution in [3.63, 3.8) is 0 Å². The van der Waals surface area contributed by atoms with E-state index in [0.29, 0.717) is 35.6 Å². The minimum absolute atomic E-state index is 0.233. The highest BCUT2D eigenvalue weighted by atomic mass is 19.1. The third-order valence-electron chi connectivity index (χ3n) is 2.98. The molecule has 104 valence electrons. The van der Waals surface area contributed by atoms with Gasteiger partial charge in [-0.3, -0.25) is 4.79 Å². The van der Waals surface area contributed by atoms with Crippen LogP contribution in [0.5, 0.6) is 0 Å². The van der Waals surface area contributed by atoms with E-state index in [-0.39, 0.29) is 18.3 Å². The van der Waals surface area contributed by atoms with Crippen molar-refractivity contribution in [3.05, 3.63) is 47.8 Å². The lowest BCUT2D eigenvalue weighted by Gasteiger charge is -2.15. The Bertz CT molecular complexity index is 678. The maximum absolute atomic E-state index is 13.5. The predicted octanol–water partition coefficient (Wildman–Crippen LogP) is 1.92. The first-order chi connectivity index (χ1) is 9.74. The zero-order valence-electron chi connectivity index (χ0n) is 10.6. The molecule has 0 unspecified atom stereocenters. The normalized spacial score (nSPS) is 14.3. The Kier molecular flexibility index (Phi) is 3.28. The summed E-state index contributed by atoms with van der Waals surface area (Å²) in [4.78, 5) is 14.9. The largest absolute Gasteiger partial charge is 0.494 e. The van der Waals surface area contributed by atoms with E-state index in [1.807, 2.05) is 0 Å². The van der Waals surface area contributed by atoms with E-state index in [0.717, 1.165) is 0 Å². The molecule has 5 nitrogen and oxygen atoms in total. The van der Waals surface area contributed by atoms with Crippen molar-refractivity contribution in [2.75, 3.05) is 19.8 Å². The lowest BCUT2D eigenvalue weighted by atomic mass is 10.2. The molecule has 2 heterocycles. The van der Waals surface area contributed by atoms with Crippen molar-refractivity contribution in [1.82, 2.24) is 10.3 Å². The first kappa shape index (κ1) is 12.5. The Morgan fingerprint density at radius 2 is 2.30 bits per heavy atom. The minimum Gasteiger partial charge on any atom is -0.494 e. The summed E-state index contributed by atoms with van der Waals surface area (Å²) in [6, 6.07) is 6.16. The second-order valence-electron chi connectivity index (χ2n) is 4.37. The summed E-state index contributed by atoms with van der Waals surface area (Å²) in [5.74, 6) is -0.118. The first-order valence-electron chi connectivity index (χ1n) is 6.23. The van der Waals surface area contributed by atoms with Crippen LogP contribution in [-0.4, -0.2) is 30.6 Å². The maximum atomic E-state index is 13.5. The van der Waals surface area contributed by atoms with Crippen LogP contribution in [0.4, 0.5) is 4.39 Å². The summed E-state index contributed by atoms with van der Waals surface area (Å²) in [6.07, 6.45) is 1.48. The number of aromatic nitrogens is 1. The summed E-state index contributed by atoms with van der Waals surface area (Å²) < 4.78 is 23.9. The van der Waals surface area contributed by atoms with Crippen LogP contribution in [0.15, 0.2) is 36.3 Å². The molecule has 2 aromatic rings. The van der Waals surface area contributed by atoms with Crippen molar-refractivity contribution in [2.45, 2.75) is 0 Å². The van der Waals surface area contributed by atoms with Gasteiger partial charge in [-0.15, -0.1) is 0 Å². The summed E-state index contributed by atoms with van der Waals surface area (Å²) in [5.41, 5.74) is 0.897. The molecule has 0 aliphatic carbocycles. The maximum Gasteiger partial charge on any atom is 0.268 e. The summed E-state index contributed by atoms with van der Waals surface area (Å²) in [6.45, 7) is 1.22. The average molecular weight is 276 g/mol. The van der Waals surface area contributed by atoms with Gasteiger partial charge in [0.05, 0.1) is 6.54 Å². The van der Waals surface area contributed by atoms with Crippen molar-refractivity contribution < 1.29 is 18.7 Å². The Labute approximate surface area is 114 Å². The van der Waals surface area contributed by atoms with Crippen LogP contribution in [0.1, 0.15) is 10.5 Å². The van der Waals surface area contributed by atoms with Gasteiger partial charge < -0.3 is 19.8 Å². The van der Waals surface area contributed by atoms with E-state index in [1.54, 1.807) is 12.1 Å². The van der Waals surface area contributed by atoms with Crippen molar-refractivity contribution in [3.8, 4) is 0 Å². The molecule has 1 aromatic carbocycles. The van der Waals surface area contributed by atoms with Gasteiger partial charge >= 0.3 is 0 Å². The number of amides is 1. The highest BCUT2D eigenvalue weighted by Crippen LogP contribution is 2.18. The molecule has 1 aliphatic heterocycles. The Hall–Kier alpha value is -2.50. The molecule has 0 saturated heterocycles. The first-order valence-corrected chi connectivity index (χ1v) is 6.23. The number of carbonyl (C=O) groups excluding carboxylic acids is 1. The van der Waals surface area contributed by atoms with Crippen LogP contribution in [0.3, 0.4) is 0 Å². The highest BCUT2D eigenvalue weighted by Gasteiger charge is 2.13. The van der Waals surface area contributed by atoms with Crippen LogP contribution < -0.4 is 5.32 Å². The van der Waals surface area contributed by atoms with Gasteiger partial charge in [0.2, 0.25) is 0 Å². The van der Waals surface area contributed by atoms with Crippen LogP contribution in [0.25, 0.3) is 10.9 Å². The molecule has 0 bridgehead atoms. The quantitative estimate of drug-likeness (QED) is 0.900. The highest BCUT2D eigenvalue weighted by molar-refractivity contribution is 5.98. The second-order valence-corrected chi connectivity index (χ2v) is 4.37. The standard InChI is InChI=1S/C14H13FN2O3/c15-11-2-1-3-12-10(11)6-13(17-12)14(18)16-7-9-8-19-4-5-20-9/h1-3,6,8,17H,4-5,7H2,(H,16,18). The number of hydrogen-bond donors (Lipinski definition) is 2. The molecule has 3 rings (SSSR count). The van der Waals surface area contributed by atoms with Gasteiger partial charge in [-0.05, 0) is 18.2 Å². The predicted molar refractivity (Wildman–Crippen MR) is 70.6 cm³/mol. The van der Waals surface area contributed by atoms with E-state index in [4.69, 9.17) is 9.47 Å². The van der Waals surface area contributed by atoms with E-state index >= 15 is 0 Å². The topological polar surface area (TPSA) is 63.4 Å². The number of hydrogen-bond acceptors (Lipinski definition) is 3. The Morgan fingerprint density at radius 3 is 3.05 bits per heavy atom. The number of H-pyrrole nitrogens is 1. The summed E-state index contributed by atoms with van der Waals surface area (Å²) in [5, 5.41) is 3.08. The number of rotatable bonds is 3. The van der Waals surface area contributed by atoms with Crippen LogP contribution in [-0.2, 0) is 9.47 Å². The van der Waals surface area contributed by atoms with E-state index < -0.39 is 0 Å². The van der Waals surface area contributed by atoms with Gasteiger partial charge in [0.15, 0.2) is 0 Å². The van der Waals surface area contributed by atoms with E-state index in [1.165, 1.54) is 18.4 Å². The molecule has 20 heavy (non-hydrogen) atoms. The molecular formula is C14H13FN2O3. The number of fused-ring (bicyclic) bond motifs is 1. The molecule has 1 aliphatic rings. The average Bonchev–Trinajstić information content (AvgIpc) is 2.91. The fraction of sp³-hybridized carbons (Fsp3) is 0.214. The third kappa shape index (κ3) is 2.45. The van der Waals surface area contributed by atoms with E-state index in [2.05, 4.69) is 10.3 Å². The Balaban J connectivity index is 1.72. The molecule has 0 atom stereocenters. The monoisotopic (exact) mass is 276 g/mol. The van der Waals surface area contributed by atoms with Crippen LogP contribution >= 0.6 is 0 Å². The van der Waals surface area contributed by atoms with Gasteiger partial charge in [-0.1, -0.05) is 6.07 Å². The summed E-state index contributed by atoms with van der Waals surface area (Å²) >= 11 is 0. The van der Waals surface area contributed by atoms with Crippen molar-refractivity contribution in [2.24, 2.45) is 0 Å². The van der Waals surface area contributed by atoms with Crippen molar-refractivity contribution in [1.29, 1.82) is 0 Å². The zero-order valence-corrected chi connectivity index (χ0v) is 10.6. The van der Waals surface area contributed by atoms with Gasteiger partial charge in [-0.25, -0.2) is 4.39 Å². The van der Waals surface area contributed by atoms with Crippen LogP contribution in [0.2, 0.25) is 0 Å². The molecule has 0 radical (unpaired) electrons. The fourth-order valence-corrected chi connectivity index (χ4v) is 2.00. The van der Waals surface area contributed by atoms with Gasteiger partial charge in [0.1, 0.15) is 36.7 Å². The molecule has 1 amide bonds. The Morgan fingerprint density at radius 1 is 1.40 bits per heavy atom. The molecule has 0 saturated carbocycles. The zero-order chi connectivity index (χ0) is 13.9. The van der Waals surface area contributed by atoms with Gasteiger partial charge in [0, 0.05) is 10.9 Å². The van der Waals surface area contributed by atoms with Crippen molar-refractivity contribution >= 4 is 16.8 Å². The lowest BCUT2D eigenvalue weighted by molar-refractivity contribution is 0.0774.